The molecule has 0 atom stereocenters. The Bertz CT molecular complexity index is 399. The maximum Gasteiger partial charge on any atom is 0.150 e. The van der Waals surface area contributed by atoms with E-state index in [1.54, 1.807) is 12.1 Å². The van der Waals surface area contributed by atoms with E-state index in [2.05, 4.69) is 4.90 Å². The van der Waals surface area contributed by atoms with Crippen molar-refractivity contribution in [3.8, 4) is 5.75 Å². The van der Waals surface area contributed by atoms with Crippen LogP contribution in [0.2, 0.25) is 0 Å². The molecule has 1 aromatic rings. The molecule has 1 aromatic carbocycles. The van der Waals surface area contributed by atoms with Crippen molar-refractivity contribution in [3.05, 3.63) is 29.8 Å². The Kier molecular flexibility index (Phi) is 7.25. The number of carbonyl (C=O) groups excluding carboxylic acids is 1. The van der Waals surface area contributed by atoms with Crippen LogP contribution in [0, 0.1) is 0 Å². The number of unbranched alkanes of at least 4 members (excludes halogenated alkanes) is 3. The molecule has 0 saturated carbocycles. The van der Waals surface area contributed by atoms with Crippen LogP contribution in [0.3, 0.4) is 0 Å². The minimum atomic E-state index is 0.686. The Labute approximate surface area is 127 Å². The molecule has 0 aliphatic carbocycles. The summed E-state index contributed by atoms with van der Waals surface area (Å²) in [5, 5.41) is 0. The fourth-order valence-corrected chi connectivity index (χ4v) is 2.45. The molecule has 0 radical (unpaired) electrons. The molecule has 2 rings (SSSR count). The van der Waals surface area contributed by atoms with Gasteiger partial charge >= 0.3 is 0 Å². The van der Waals surface area contributed by atoms with Gasteiger partial charge in [0.1, 0.15) is 12.0 Å². The number of aldehydes is 1. The molecule has 4 nitrogen and oxygen atoms in total. The standard InChI is InChI=1S/C17H25NO3/c19-15-16-5-7-17(8-6-16)21-12-4-2-1-3-9-18-10-13-20-14-11-18/h5-8,15H,1-4,9-14H2. The Hall–Kier alpha value is -1.39. The predicted molar refractivity (Wildman–Crippen MR) is 83.1 cm³/mol. The molecular weight excluding hydrogens is 266 g/mol. The first-order valence-electron chi connectivity index (χ1n) is 7.86. The maximum absolute atomic E-state index is 10.5. The summed E-state index contributed by atoms with van der Waals surface area (Å²) in [7, 11) is 0. The molecular formula is C17H25NO3. The lowest BCUT2D eigenvalue weighted by Crippen LogP contribution is -2.36. The zero-order valence-corrected chi connectivity index (χ0v) is 12.6. The van der Waals surface area contributed by atoms with Crippen LogP contribution in [-0.4, -0.2) is 50.6 Å². The van der Waals surface area contributed by atoms with Crippen LogP contribution >= 0.6 is 0 Å². The van der Waals surface area contributed by atoms with Gasteiger partial charge in [0, 0.05) is 18.7 Å². The van der Waals surface area contributed by atoms with E-state index in [1.165, 1.54) is 25.8 Å². The van der Waals surface area contributed by atoms with E-state index in [0.29, 0.717) is 5.56 Å². The van der Waals surface area contributed by atoms with Gasteiger partial charge in [-0.15, -0.1) is 0 Å². The molecule has 0 spiro atoms. The maximum atomic E-state index is 10.5. The van der Waals surface area contributed by atoms with E-state index >= 15 is 0 Å². The van der Waals surface area contributed by atoms with Crippen LogP contribution in [0.4, 0.5) is 0 Å². The molecule has 1 fully saturated rings. The van der Waals surface area contributed by atoms with Gasteiger partial charge < -0.3 is 9.47 Å². The van der Waals surface area contributed by atoms with E-state index in [9.17, 15) is 4.79 Å². The highest BCUT2D eigenvalue weighted by molar-refractivity contribution is 5.74. The minimum absolute atomic E-state index is 0.686. The van der Waals surface area contributed by atoms with Crippen molar-refractivity contribution < 1.29 is 14.3 Å². The monoisotopic (exact) mass is 291 g/mol. The molecule has 0 unspecified atom stereocenters. The smallest absolute Gasteiger partial charge is 0.150 e. The fourth-order valence-electron chi connectivity index (χ4n) is 2.45. The van der Waals surface area contributed by atoms with Gasteiger partial charge in [0.05, 0.1) is 19.8 Å². The minimum Gasteiger partial charge on any atom is -0.494 e. The third-order valence-electron chi connectivity index (χ3n) is 3.76. The van der Waals surface area contributed by atoms with E-state index in [0.717, 1.165) is 51.4 Å². The number of nitrogens with zero attached hydrogens (tertiary/aromatic N) is 1. The number of hydrogen-bond acceptors (Lipinski definition) is 4. The summed E-state index contributed by atoms with van der Waals surface area (Å²) >= 11 is 0. The molecule has 1 aliphatic rings. The molecule has 0 amide bonds. The summed E-state index contributed by atoms with van der Waals surface area (Å²) in [6.07, 6.45) is 5.65. The third kappa shape index (κ3) is 6.27. The van der Waals surface area contributed by atoms with Crippen molar-refractivity contribution in [3.63, 3.8) is 0 Å². The van der Waals surface area contributed by atoms with Gasteiger partial charge in [-0.05, 0) is 43.7 Å². The predicted octanol–water partition coefficient (Wildman–Crippen LogP) is 2.77. The highest BCUT2D eigenvalue weighted by Gasteiger charge is 2.08. The van der Waals surface area contributed by atoms with Crippen LogP contribution in [-0.2, 0) is 4.74 Å². The molecule has 0 bridgehead atoms. The first kappa shape index (κ1) is 16.0. The molecule has 1 heterocycles. The first-order chi connectivity index (χ1) is 10.4. The summed E-state index contributed by atoms with van der Waals surface area (Å²) in [5.41, 5.74) is 0.686. The molecule has 21 heavy (non-hydrogen) atoms. The van der Waals surface area contributed by atoms with Gasteiger partial charge in [0.25, 0.3) is 0 Å². The van der Waals surface area contributed by atoms with Crippen LogP contribution in [0.5, 0.6) is 5.75 Å². The van der Waals surface area contributed by atoms with E-state index < -0.39 is 0 Å². The van der Waals surface area contributed by atoms with Crippen molar-refractivity contribution >= 4 is 6.29 Å². The van der Waals surface area contributed by atoms with Gasteiger partial charge in [-0.1, -0.05) is 12.8 Å². The van der Waals surface area contributed by atoms with Gasteiger partial charge in [0.2, 0.25) is 0 Å². The van der Waals surface area contributed by atoms with Gasteiger partial charge in [-0.3, -0.25) is 9.69 Å². The third-order valence-corrected chi connectivity index (χ3v) is 3.76. The zero-order chi connectivity index (χ0) is 14.8. The summed E-state index contributed by atoms with van der Waals surface area (Å²) in [6.45, 7) is 5.88. The van der Waals surface area contributed by atoms with Crippen molar-refractivity contribution in [1.82, 2.24) is 4.90 Å². The Morgan fingerprint density at radius 1 is 1.05 bits per heavy atom. The average Bonchev–Trinajstić information content (AvgIpc) is 2.55. The second kappa shape index (κ2) is 9.53. The van der Waals surface area contributed by atoms with Crippen LogP contribution in [0.15, 0.2) is 24.3 Å². The topological polar surface area (TPSA) is 38.8 Å². The quantitative estimate of drug-likeness (QED) is 0.518. The van der Waals surface area contributed by atoms with Gasteiger partial charge in [-0.2, -0.15) is 0 Å². The molecule has 1 saturated heterocycles. The lowest BCUT2D eigenvalue weighted by atomic mass is 10.2. The summed E-state index contributed by atoms with van der Waals surface area (Å²) < 4.78 is 11.0. The van der Waals surface area contributed by atoms with Gasteiger partial charge in [-0.25, -0.2) is 0 Å². The van der Waals surface area contributed by atoms with E-state index in [4.69, 9.17) is 9.47 Å². The first-order valence-corrected chi connectivity index (χ1v) is 7.86. The summed E-state index contributed by atoms with van der Waals surface area (Å²) in [4.78, 5) is 13.0. The number of hydrogen-bond donors (Lipinski definition) is 0. The van der Waals surface area contributed by atoms with Crippen LogP contribution < -0.4 is 4.74 Å². The van der Waals surface area contributed by atoms with Crippen LogP contribution in [0.1, 0.15) is 36.0 Å². The Morgan fingerprint density at radius 3 is 2.48 bits per heavy atom. The second-order valence-corrected chi connectivity index (χ2v) is 5.40. The van der Waals surface area contributed by atoms with Crippen molar-refractivity contribution in [2.75, 3.05) is 39.5 Å². The lowest BCUT2D eigenvalue weighted by Gasteiger charge is -2.26. The van der Waals surface area contributed by atoms with Crippen molar-refractivity contribution in [2.45, 2.75) is 25.7 Å². The largest absolute Gasteiger partial charge is 0.494 e. The lowest BCUT2D eigenvalue weighted by molar-refractivity contribution is 0.0371. The Morgan fingerprint density at radius 2 is 1.76 bits per heavy atom. The second-order valence-electron chi connectivity index (χ2n) is 5.40. The van der Waals surface area contributed by atoms with E-state index in [1.807, 2.05) is 12.1 Å². The molecule has 0 aromatic heterocycles. The summed E-state index contributed by atoms with van der Waals surface area (Å²) in [5.74, 6) is 0.842. The van der Waals surface area contributed by atoms with Crippen molar-refractivity contribution in [1.29, 1.82) is 0 Å². The van der Waals surface area contributed by atoms with Crippen LogP contribution in [0.25, 0.3) is 0 Å². The normalized spacial score (nSPS) is 15.8. The highest BCUT2D eigenvalue weighted by Crippen LogP contribution is 2.12. The van der Waals surface area contributed by atoms with Gasteiger partial charge in [0.15, 0.2) is 0 Å². The number of benzene rings is 1. The number of carbonyl (C=O) groups is 1. The number of morpholine rings is 1. The van der Waals surface area contributed by atoms with Crippen molar-refractivity contribution in [2.24, 2.45) is 0 Å². The number of rotatable bonds is 9. The zero-order valence-electron chi connectivity index (χ0n) is 12.6. The summed E-state index contributed by atoms with van der Waals surface area (Å²) in [6, 6.07) is 7.26. The molecule has 1 aliphatic heterocycles. The molecule has 4 heteroatoms. The number of ether oxygens (including phenoxy) is 2. The molecule has 0 N–H and O–H groups in total. The Balaban J connectivity index is 1.46. The average molecular weight is 291 g/mol. The highest BCUT2D eigenvalue weighted by atomic mass is 16.5. The molecule has 116 valence electrons. The van der Waals surface area contributed by atoms with E-state index in [-0.39, 0.29) is 0 Å². The fraction of sp³-hybridized carbons (Fsp3) is 0.588. The SMILES string of the molecule is O=Cc1ccc(OCCCCCCN2CCOCC2)cc1.